The molecule has 0 radical (unpaired) electrons. The molecule has 1 aliphatic heterocycles. The molecule has 8 heteroatoms. The summed E-state index contributed by atoms with van der Waals surface area (Å²) in [6.45, 7) is 8.39. The molecule has 1 aromatic carbocycles. The zero-order chi connectivity index (χ0) is 17.8. The Labute approximate surface area is 144 Å². The molecule has 0 saturated carbocycles. The molecule has 0 fully saturated rings. The number of hydrogen-bond acceptors (Lipinski definition) is 6. The fourth-order valence-electron chi connectivity index (χ4n) is 3.17. The van der Waals surface area contributed by atoms with Gasteiger partial charge in [0, 0.05) is 5.56 Å². The molecule has 0 saturated heterocycles. The van der Waals surface area contributed by atoms with Crippen LogP contribution in [0.5, 0.6) is 0 Å². The van der Waals surface area contributed by atoms with E-state index in [0.717, 1.165) is 16.8 Å². The molecule has 1 aliphatic rings. The fourth-order valence-corrected chi connectivity index (χ4v) is 3.17. The highest BCUT2D eigenvalue weighted by molar-refractivity contribution is 5.64. The fraction of sp³-hybridized carbons (Fsp3) is 0.353. The number of nitrogens with zero attached hydrogens (tertiary/aromatic N) is 5. The lowest BCUT2D eigenvalue weighted by atomic mass is 9.85. The largest absolute Gasteiger partial charge is 0.318 e. The van der Waals surface area contributed by atoms with E-state index in [4.69, 9.17) is 0 Å². The van der Waals surface area contributed by atoms with Crippen LogP contribution in [0.15, 0.2) is 29.1 Å². The maximum atomic E-state index is 12.3. The number of aryl methyl sites for hydroxylation is 1. The van der Waals surface area contributed by atoms with Gasteiger partial charge in [0.05, 0.1) is 5.69 Å². The smallest absolute Gasteiger partial charge is 0.288 e. The minimum Gasteiger partial charge on any atom is -0.318 e. The lowest BCUT2D eigenvalue weighted by molar-refractivity contribution is 0.560. The number of fused-ring (bicyclic) bond motifs is 2. The van der Waals surface area contributed by atoms with Crippen molar-refractivity contribution in [2.75, 3.05) is 5.32 Å². The van der Waals surface area contributed by atoms with E-state index < -0.39 is 0 Å². The number of H-pyrrole nitrogens is 1. The topological polar surface area (TPSA) is 101 Å². The van der Waals surface area contributed by atoms with E-state index in [1.165, 1.54) is 5.56 Å². The van der Waals surface area contributed by atoms with Gasteiger partial charge in [-0.05, 0) is 33.9 Å². The Bertz CT molecular complexity index is 995. The number of rotatable bonds is 1. The molecule has 0 unspecified atom stereocenters. The Morgan fingerprint density at radius 3 is 2.56 bits per heavy atom. The average Bonchev–Trinajstić information content (AvgIpc) is 3.04. The maximum Gasteiger partial charge on any atom is 0.288 e. The van der Waals surface area contributed by atoms with Crippen molar-refractivity contribution in [2.24, 2.45) is 0 Å². The van der Waals surface area contributed by atoms with Gasteiger partial charge in [0.1, 0.15) is 11.7 Å². The minimum atomic E-state index is -0.301. The summed E-state index contributed by atoms with van der Waals surface area (Å²) in [7, 11) is 0. The van der Waals surface area contributed by atoms with Crippen molar-refractivity contribution in [3.63, 3.8) is 0 Å². The summed E-state index contributed by atoms with van der Waals surface area (Å²) in [6.07, 6.45) is 0. The first-order chi connectivity index (χ1) is 11.9. The Hall–Kier alpha value is -3.03. The third-order valence-electron chi connectivity index (χ3n) is 4.55. The molecule has 3 aromatic rings. The third-order valence-corrected chi connectivity index (χ3v) is 4.55. The van der Waals surface area contributed by atoms with Gasteiger partial charge in [0.25, 0.3) is 5.56 Å². The Kier molecular flexibility index (Phi) is 3.24. The number of anilines is 2. The summed E-state index contributed by atoms with van der Waals surface area (Å²) >= 11 is 0. The summed E-state index contributed by atoms with van der Waals surface area (Å²) in [5.41, 5.74) is 3.98. The number of aromatic amines is 1. The number of benzene rings is 1. The summed E-state index contributed by atoms with van der Waals surface area (Å²) in [5.74, 6) is 0.438. The van der Waals surface area contributed by atoms with Gasteiger partial charge in [0.15, 0.2) is 0 Å². The molecule has 0 amide bonds. The van der Waals surface area contributed by atoms with E-state index in [-0.39, 0.29) is 17.0 Å². The predicted molar refractivity (Wildman–Crippen MR) is 93.1 cm³/mol. The van der Waals surface area contributed by atoms with Gasteiger partial charge in [0.2, 0.25) is 5.95 Å². The van der Waals surface area contributed by atoms with Gasteiger partial charge in [-0.1, -0.05) is 50.1 Å². The first-order valence-electron chi connectivity index (χ1n) is 8.11. The van der Waals surface area contributed by atoms with E-state index >= 15 is 0 Å². The van der Waals surface area contributed by atoms with Gasteiger partial charge in [-0.3, -0.25) is 4.79 Å². The molecule has 0 aliphatic carbocycles. The van der Waals surface area contributed by atoms with Crippen LogP contribution < -0.4 is 10.9 Å². The minimum absolute atomic E-state index is 0.0686. The Balaban J connectivity index is 1.92. The van der Waals surface area contributed by atoms with E-state index in [0.29, 0.717) is 11.6 Å². The number of aromatic nitrogens is 6. The van der Waals surface area contributed by atoms with Crippen molar-refractivity contribution in [1.82, 2.24) is 30.4 Å². The van der Waals surface area contributed by atoms with Gasteiger partial charge in [-0.2, -0.15) is 9.78 Å². The van der Waals surface area contributed by atoms with Crippen LogP contribution in [0.3, 0.4) is 0 Å². The SMILES string of the molecule is Cc1n[nH]c(=O)c2c1[C@H](c1ccc(C(C)(C)C)cc1)n1nnnc1N2. The average molecular weight is 337 g/mol. The van der Waals surface area contributed by atoms with Crippen LogP contribution >= 0.6 is 0 Å². The van der Waals surface area contributed by atoms with E-state index in [2.05, 4.69) is 76.1 Å². The lowest BCUT2D eigenvalue weighted by Gasteiger charge is -2.27. The van der Waals surface area contributed by atoms with Crippen molar-refractivity contribution in [1.29, 1.82) is 0 Å². The van der Waals surface area contributed by atoms with Crippen LogP contribution in [0.1, 0.15) is 49.2 Å². The molecule has 4 rings (SSSR count). The first kappa shape index (κ1) is 15.5. The molecule has 128 valence electrons. The third kappa shape index (κ3) is 2.41. The second-order valence-electron chi connectivity index (χ2n) is 7.27. The van der Waals surface area contributed by atoms with Crippen molar-refractivity contribution < 1.29 is 0 Å². The molecular weight excluding hydrogens is 318 g/mol. The molecular formula is C17H19N7O. The highest BCUT2D eigenvalue weighted by atomic mass is 16.1. The summed E-state index contributed by atoms with van der Waals surface area (Å²) < 4.78 is 1.68. The standard InChI is InChI=1S/C17H19N7O/c1-9-12-13(15(25)20-19-9)18-16-21-22-23-24(16)14(12)10-5-7-11(8-6-10)17(2,3)4/h5-8,14H,1-4H3,(H,20,25)(H,18,21,23)/t14-/m0/s1. The molecule has 25 heavy (non-hydrogen) atoms. The van der Waals surface area contributed by atoms with E-state index in [9.17, 15) is 4.79 Å². The predicted octanol–water partition coefficient (Wildman–Crippen LogP) is 2.06. The molecule has 2 aromatic heterocycles. The second-order valence-corrected chi connectivity index (χ2v) is 7.27. The molecule has 2 N–H and O–H groups in total. The molecule has 3 heterocycles. The van der Waals surface area contributed by atoms with E-state index in [1.807, 2.05) is 6.92 Å². The highest BCUT2D eigenvalue weighted by Crippen LogP contribution is 2.38. The highest BCUT2D eigenvalue weighted by Gasteiger charge is 2.32. The van der Waals surface area contributed by atoms with E-state index in [1.54, 1.807) is 4.68 Å². The van der Waals surface area contributed by atoms with Gasteiger partial charge in [-0.15, -0.1) is 0 Å². The molecule has 0 spiro atoms. The summed E-state index contributed by atoms with van der Waals surface area (Å²) in [5, 5.41) is 21.5. The Morgan fingerprint density at radius 1 is 1.16 bits per heavy atom. The van der Waals surface area contributed by atoms with Crippen LogP contribution in [0.25, 0.3) is 0 Å². The quantitative estimate of drug-likeness (QED) is 0.551. The normalized spacial score (nSPS) is 16.1. The first-order valence-corrected chi connectivity index (χ1v) is 8.11. The number of nitrogens with one attached hydrogen (secondary N) is 2. The van der Waals surface area contributed by atoms with Crippen molar-refractivity contribution in [3.05, 3.63) is 57.0 Å². The van der Waals surface area contributed by atoms with Crippen molar-refractivity contribution in [3.8, 4) is 0 Å². The second kappa shape index (κ2) is 5.23. The Morgan fingerprint density at radius 2 is 1.88 bits per heavy atom. The zero-order valence-corrected chi connectivity index (χ0v) is 14.5. The van der Waals surface area contributed by atoms with Gasteiger partial charge in [-0.25, -0.2) is 5.10 Å². The lowest BCUT2D eigenvalue weighted by Crippen LogP contribution is -2.29. The van der Waals surface area contributed by atoms with Gasteiger partial charge >= 0.3 is 0 Å². The number of hydrogen-bond donors (Lipinski definition) is 2. The molecule has 1 atom stereocenters. The zero-order valence-electron chi connectivity index (χ0n) is 14.5. The summed E-state index contributed by atoms with van der Waals surface area (Å²) in [4.78, 5) is 12.3. The van der Waals surface area contributed by atoms with Crippen LogP contribution in [-0.4, -0.2) is 30.4 Å². The van der Waals surface area contributed by atoms with Crippen molar-refractivity contribution in [2.45, 2.75) is 39.2 Å². The molecule has 8 nitrogen and oxygen atoms in total. The van der Waals surface area contributed by atoms with Crippen molar-refractivity contribution >= 4 is 11.6 Å². The monoisotopic (exact) mass is 337 g/mol. The van der Waals surface area contributed by atoms with Gasteiger partial charge < -0.3 is 5.32 Å². The van der Waals surface area contributed by atoms with Crippen LogP contribution in [0.4, 0.5) is 11.6 Å². The van der Waals surface area contributed by atoms with Crippen LogP contribution in [0.2, 0.25) is 0 Å². The summed E-state index contributed by atoms with van der Waals surface area (Å²) in [6, 6.07) is 8.04. The van der Waals surface area contributed by atoms with Crippen LogP contribution in [-0.2, 0) is 5.41 Å². The maximum absolute atomic E-state index is 12.3. The number of tetrazole rings is 1. The molecule has 0 bridgehead atoms. The van der Waals surface area contributed by atoms with Crippen LogP contribution in [0, 0.1) is 6.92 Å².